The summed E-state index contributed by atoms with van der Waals surface area (Å²) in [6.45, 7) is 1.53. The number of hydrogen-bond donors (Lipinski definition) is 2. The number of rotatable bonds is 2. The number of nitrogens with zero attached hydrogens (tertiary/aromatic N) is 1. The van der Waals surface area contributed by atoms with Crippen molar-refractivity contribution in [2.75, 3.05) is 0 Å². The van der Waals surface area contributed by atoms with Crippen molar-refractivity contribution >= 4 is 11.3 Å². The highest BCUT2D eigenvalue weighted by atomic mass is 32.1. The Hall–Kier alpha value is -0.450. The first-order valence-corrected chi connectivity index (χ1v) is 3.90. The topological polar surface area (TPSA) is 53.4 Å². The second kappa shape index (κ2) is 3.09. The lowest BCUT2D eigenvalue weighted by Gasteiger charge is -2.09. The third-order valence-corrected chi connectivity index (χ3v) is 1.82. The highest BCUT2D eigenvalue weighted by Crippen LogP contribution is 2.15. The van der Waals surface area contributed by atoms with Gasteiger partial charge in [-0.05, 0) is 6.92 Å². The minimum absolute atomic E-state index is 0.542. The first-order valence-electron chi connectivity index (χ1n) is 2.96. The minimum Gasteiger partial charge on any atom is -0.390 e. The zero-order valence-electron chi connectivity index (χ0n) is 5.56. The van der Waals surface area contributed by atoms with Crippen LogP contribution in [0, 0.1) is 0 Å². The van der Waals surface area contributed by atoms with E-state index < -0.39 is 12.2 Å². The predicted octanol–water partition coefficient (Wildman–Crippen LogP) is 0.557. The fraction of sp³-hybridized carbons (Fsp3) is 0.500. The van der Waals surface area contributed by atoms with Crippen molar-refractivity contribution in [2.45, 2.75) is 19.1 Å². The summed E-state index contributed by atoms with van der Waals surface area (Å²) >= 11 is 1.40. The molecule has 2 unspecified atom stereocenters. The van der Waals surface area contributed by atoms with E-state index in [0.717, 1.165) is 0 Å². The molecule has 4 heteroatoms. The number of aliphatic hydroxyl groups is 2. The maximum atomic E-state index is 9.18. The lowest BCUT2D eigenvalue weighted by molar-refractivity contribution is 0.0282. The Kier molecular flexibility index (Phi) is 2.37. The fourth-order valence-electron chi connectivity index (χ4n) is 0.615. The summed E-state index contributed by atoms with van der Waals surface area (Å²) in [7, 11) is 0. The van der Waals surface area contributed by atoms with Gasteiger partial charge in [-0.1, -0.05) is 0 Å². The molecule has 0 aliphatic rings. The zero-order valence-corrected chi connectivity index (χ0v) is 6.38. The quantitative estimate of drug-likeness (QED) is 0.662. The molecule has 0 aromatic carbocycles. The molecule has 0 radical (unpaired) electrons. The van der Waals surface area contributed by atoms with Crippen molar-refractivity contribution in [3.8, 4) is 0 Å². The van der Waals surface area contributed by atoms with E-state index in [1.807, 2.05) is 0 Å². The van der Waals surface area contributed by atoms with Gasteiger partial charge >= 0.3 is 0 Å². The van der Waals surface area contributed by atoms with Gasteiger partial charge in [0.05, 0.1) is 17.3 Å². The molecule has 3 nitrogen and oxygen atoms in total. The van der Waals surface area contributed by atoms with E-state index in [1.165, 1.54) is 18.3 Å². The molecule has 2 atom stereocenters. The van der Waals surface area contributed by atoms with Gasteiger partial charge < -0.3 is 10.2 Å². The molecule has 0 saturated carbocycles. The van der Waals surface area contributed by atoms with Gasteiger partial charge in [-0.15, -0.1) is 11.3 Å². The Morgan fingerprint density at radius 2 is 2.30 bits per heavy atom. The summed E-state index contributed by atoms with van der Waals surface area (Å²) in [5.41, 5.74) is 2.17. The van der Waals surface area contributed by atoms with Gasteiger partial charge in [0.25, 0.3) is 0 Å². The maximum Gasteiger partial charge on any atom is 0.122 e. The third-order valence-electron chi connectivity index (χ3n) is 1.21. The van der Waals surface area contributed by atoms with E-state index in [4.69, 9.17) is 5.11 Å². The average Bonchev–Trinajstić information content (AvgIpc) is 2.36. The Balaban J connectivity index is 2.68. The lowest BCUT2D eigenvalue weighted by Crippen LogP contribution is -2.13. The van der Waals surface area contributed by atoms with Crippen LogP contribution in [0.5, 0.6) is 0 Å². The van der Waals surface area contributed by atoms with Crippen molar-refractivity contribution < 1.29 is 10.2 Å². The molecule has 1 aromatic heterocycles. The van der Waals surface area contributed by atoms with Crippen molar-refractivity contribution in [2.24, 2.45) is 0 Å². The van der Waals surface area contributed by atoms with Crippen LogP contribution in [0.1, 0.15) is 18.7 Å². The van der Waals surface area contributed by atoms with Crippen molar-refractivity contribution in [1.82, 2.24) is 4.98 Å². The molecule has 10 heavy (non-hydrogen) atoms. The van der Waals surface area contributed by atoms with Crippen molar-refractivity contribution in [3.63, 3.8) is 0 Å². The molecular weight excluding hydrogens is 150 g/mol. The highest BCUT2D eigenvalue weighted by molar-refractivity contribution is 7.07. The molecule has 0 spiro atoms. The monoisotopic (exact) mass is 159 g/mol. The number of hydrogen-bond acceptors (Lipinski definition) is 4. The Labute approximate surface area is 63.0 Å². The van der Waals surface area contributed by atoms with Gasteiger partial charge in [0.2, 0.25) is 0 Å². The van der Waals surface area contributed by atoms with E-state index in [9.17, 15) is 5.11 Å². The number of aliphatic hydroxyl groups excluding tert-OH is 2. The summed E-state index contributed by atoms with van der Waals surface area (Å²) in [6, 6.07) is 0. The van der Waals surface area contributed by atoms with E-state index in [-0.39, 0.29) is 0 Å². The van der Waals surface area contributed by atoms with Crippen LogP contribution >= 0.6 is 11.3 Å². The smallest absolute Gasteiger partial charge is 0.122 e. The third kappa shape index (κ3) is 1.53. The average molecular weight is 159 g/mol. The van der Waals surface area contributed by atoms with Gasteiger partial charge in [-0.2, -0.15) is 0 Å². The van der Waals surface area contributed by atoms with E-state index >= 15 is 0 Å². The molecule has 0 amide bonds. The van der Waals surface area contributed by atoms with Gasteiger partial charge in [0.15, 0.2) is 0 Å². The summed E-state index contributed by atoms with van der Waals surface area (Å²) in [5, 5.41) is 19.8. The lowest BCUT2D eigenvalue weighted by atomic mass is 10.2. The second-order valence-electron chi connectivity index (χ2n) is 2.10. The highest BCUT2D eigenvalue weighted by Gasteiger charge is 2.14. The molecule has 1 aromatic rings. The van der Waals surface area contributed by atoms with Crippen LogP contribution in [-0.4, -0.2) is 21.3 Å². The van der Waals surface area contributed by atoms with Gasteiger partial charge in [0.1, 0.15) is 6.10 Å². The SMILES string of the molecule is CC(O)C(O)c1cscn1. The summed E-state index contributed by atoms with van der Waals surface area (Å²) < 4.78 is 0. The first kappa shape index (κ1) is 7.65. The summed E-state index contributed by atoms with van der Waals surface area (Å²) in [5.74, 6) is 0. The Bertz CT molecular complexity index is 186. The zero-order chi connectivity index (χ0) is 7.56. The van der Waals surface area contributed by atoms with Crippen LogP contribution in [-0.2, 0) is 0 Å². The largest absolute Gasteiger partial charge is 0.390 e. The molecule has 1 heterocycles. The standard InChI is InChI=1S/C6H9NO2S/c1-4(8)6(9)5-2-10-3-7-5/h2-4,6,8-9H,1H3. The Morgan fingerprint density at radius 3 is 2.70 bits per heavy atom. The predicted molar refractivity (Wildman–Crippen MR) is 38.8 cm³/mol. The molecular formula is C6H9NO2S. The molecule has 56 valence electrons. The van der Waals surface area contributed by atoms with Crippen LogP contribution in [0.2, 0.25) is 0 Å². The number of aromatic nitrogens is 1. The van der Waals surface area contributed by atoms with Crippen LogP contribution in [0.25, 0.3) is 0 Å². The van der Waals surface area contributed by atoms with Gasteiger partial charge in [0, 0.05) is 5.38 Å². The van der Waals surface area contributed by atoms with Crippen LogP contribution < -0.4 is 0 Å². The minimum atomic E-state index is -0.841. The van der Waals surface area contributed by atoms with Gasteiger partial charge in [-0.25, -0.2) is 4.98 Å². The molecule has 1 rings (SSSR count). The molecule has 2 N–H and O–H groups in total. The fourth-order valence-corrected chi connectivity index (χ4v) is 1.20. The van der Waals surface area contributed by atoms with E-state index in [2.05, 4.69) is 4.98 Å². The number of thiazole rings is 1. The normalized spacial score (nSPS) is 16.7. The van der Waals surface area contributed by atoms with Crippen LogP contribution in [0.3, 0.4) is 0 Å². The maximum absolute atomic E-state index is 9.18. The summed E-state index contributed by atoms with van der Waals surface area (Å²) in [4.78, 5) is 3.85. The molecule has 0 bridgehead atoms. The van der Waals surface area contributed by atoms with E-state index in [1.54, 1.807) is 10.9 Å². The molecule has 0 aliphatic carbocycles. The van der Waals surface area contributed by atoms with Gasteiger partial charge in [-0.3, -0.25) is 0 Å². The molecule has 0 aliphatic heterocycles. The van der Waals surface area contributed by atoms with Crippen molar-refractivity contribution in [1.29, 1.82) is 0 Å². The van der Waals surface area contributed by atoms with Crippen LogP contribution in [0.4, 0.5) is 0 Å². The molecule has 0 fully saturated rings. The first-order chi connectivity index (χ1) is 4.72. The molecule has 0 saturated heterocycles. The Morgan fingerprint density at radius 1 is 1.60 bits per heavy atom. The van der Waals surface area contributed by atoms with Crippen molar-refractivity contribution in [3.05, 3.63) is 16.6 Å². The second-order valence-corrected chi connectivity index (χ2v) is 2.82. The summed E-state index contributed by atoms with van der Waals surface area (Å²) in [6.07, 6.45) is -1.59. The van der Waals surface area contributed by atoms with E-state index in [0.29, 0.717) is 5.69 Å². The van der Waals surface area contributed by atoms with Crippen LogP contribution in [0.15, 0.2) is 10.9 Å².